The molecule has 0 saturated carbocycles. The minimum absolute atomic E-state index is 0.124. The highest BCUT2D eigenvalue weighted by atomic mass is 31.2. The van der Waals surface area contributed by atoms with Gasteiger partial charge < -0.3 is 25.4 Å². The van der Waals surface area contributed by atoms with E-state index >= 15 is 0 Å². The molecule has 2 aromatic heterocycles. The molecule has 1 unspecified atom stereocenters. The highest BCUT2D eigenvalue weighted by Crippen LogP contribution is 2.39. The predicted octanol–water partition coefficient (Wildman–Crippen LogP) is 2.59. The van der Waals surface area contributed by atoms with Crippen molar-refractivity contribution in [3.63, 3.8) is 0 Å². The lowest BCUT2D eigenvalue weighted by atomic mass is 10.0. The maximum atomic E-state index is 11.1. The van der Waals surface area contributed by atoms with Crippen LogP contribution < -0.4 is 5.73 Å². The number of pyridine rings is 1. The molecule has 156 valence electrons. The molecule has 29 heavy (non-hydrogen) atoms. The van der Waals surface area contributed by atoms with Crippen LogP contribution in [0, 0.1) is 0 Å². The summed E-state index contributed by atoms with van der Waals surface area (Å²) in [6.45, 7) is 2.97. The molecule has 1 aromatic carbocycles. The molecule has 5 N–H and O–H groups in total. The molecule has 0 spiro atoms. The van der Waals surface area contributed by atoms with E-state index in [1.807, 2.05) is 13.0 Å². The second-order valence-corrected chi connectivity index (χ2v) is 8.77. The van der Waals surface area contributed by atoms with Gasteiger partial charge in [-0.3, -0.25) is 9.13 Å². The first-order valence-corrected chi connectivity index (χ1v) is 10.9. The Morgan fingerprint density at radius 2 is 1.86 bits per heavy atom. The van der Waals surface area contributed by atoms with Crippen LogP contribution >= 0.6 is 7.60 Å². The molecular weight excluding hydrogens is 395 g/mol. The number of imidazole rings is 1. The van der Waals surface area contributed by atoms with E-state index in [9.17, 15) is 9.67 Å². The lowest BCUT2D eigenvalue weighted by Gasteiger charge is -2.12. The number of nitrogen functional groups attached to an aromatic ring is 1. The van der Waals surface area contributed by atoms with E-state index < -0.39 is 7.60 Å². The normalized spacial score (nSPS) is 13.1. The van der Waals surface area contributed by atoms with E-state index in [-0.39, 0.29) is 23.9 Å². The van der Waals surface area contributed by atoms with Gasteiger partial charge in [0.1, 0.15) is 5.52 Å². The van der Waals surface area contributed by atoms with Gasteiger partial charge in [-0.2, -0.15) is 4.98 Å². The van der Waals surface area contributed by atoms with Crippen LogP contribution in [0.1, 0.15) is 36.1 Å². The molecule has 0 amide bonds. The number of rotatable bonds is 8. The van der Waals surface area contributed by atoms with Crippen LogP contribution in [0.15, 0.2) is 30.3 Å². The molecular formula is C19H25N4O5P. The van der Waals surface area contributed by atoms with E-state index in [0.717, 1.165) is 17.7 Å². The molecule has 10 heteroatoms. The SMILES string of the molecule is COCCC(C)c1cc2c(nc(O)n2Cc2ccc(CP(=O)(O)O)cc2)c(N)n1. The first kappa shape index (κ1) is 21.3. The molecule has 0 bridgehead atoms. The van der Waals surface area contributed by atoms with Gasteiger partial charge in [0.05, 0.1) is 18.2 Å². The van der Waals surface area contributed by atoms with Crippen LogP contribution in [0.3, 0.4) is 0 Å². The van der Waals surface area contributed by atoms with E-state index in [1.165, 1.54) is 0 Å². The molecule has 0 fully saturated rings. The summed E-state index contributed by atoms with van der Waals surface area (Å²) in [5.41, 5.74) is 9.37. The van der Waals surface area contributed by atoms with Crippen molar-refractivity contribution in [2.45, 2.75) is 32.0 Å². The average molecular weight is 420 g/mol. The summed E-state index contributed by atoms with van der Waals surface area (Å²) in [6, 6.07) is 8.57. The third-order valence-corrected chi connectivity index (χ3v) is 5.55. The second kappa shape index (κ2) is 8.51. The quantitative estimate of drug-likeness (QED) is 0.407. The fourth-order valence-corrected chi connectivity index (χ4v) is 3.86. The molecule has 3 rings (SSSR count). The number of anilines is 1. The molecule has 0 aliphatic carbocycles. The predicted molar refractivity (Wildman–Crippen MR) is 110 cm³/mol. The maximum Gasteiger partial charge on any atom is 0.329 e. The van der Waals surface area contributed by atoms with E-state index in [0.29, 0.717) is 29.7 Å². The number of nitrogens with zero attached hydrogens (tertiary/aromatic N) is 3. The van der Waals surface area contributed by atoms with Gasteiger partial charge in [0.2, 0.25) is 0 Å². The number of hydrogen-bond acceptors (Lipinski definition) is 6. The number of fused-ring (bicyclic) bond motifs is 1. The standard InChI is InChI=1S/C19H25N4O5P/c1-12(7-8-28-2)15-9-16-17(18(20)21-15)22-19(24)23(16)10-13-3-5-14(6-4-13)11-29(25,26)27/h3-6,9,12H,7-8,10-11H2,1-2H3,(H2,20,21)(H,22,24)(H2,25,26,27). The van der Waals surface area contributed by atoms with E-state index in [1.54, 1.807) is 35.9 Å². The number of benzene rings is 1. The fourth-order valence-electron chi connectivity index (χ4n) is 3.17. The Balaban J connectivity index is 1.91. The van der Waals surface area contributed by atoms with Gasteiger partial charge in [0.25, 0.3) is 6.01 Å². The number of methoxy groups -OCH3 is 1. The van der Waals surface area contributed by atoms with Crippen LogP contribution in [-0.4, -0.2) is 43.1 Å². The van der Waals surface area contributed by atoms with Crippen LogP contribution in [0.2, 0.25) is 0 Å². The second-order valence-electron chi connectivity index (χ2n) is 7.12. The van der Waals surface area contributed by atoms with E-state index in [2.05, 4.69) is 9.97 Å². The highest BCUT2D eigenvalue weighted by Gasteiger charge is 2.18. The molecule has 0 aliphatic heterocycles. The summed E-state index contributed by atoms with van der Waals surface area (Å²) in [7, 11) is -2.46. The summed E-state index contributed by atoms with van der Waals surface area (Å²) < 4.78 is 17.9. The molecule has 2 heterocycles. The molecule has 1 atom stereocenters. The van der Waals surface area contributed by atoms with Crippen molar-refractivity contribution >= 4 is 24.4 Å². The van der Waals surface area contributed by atoms with Gasteiger partial charge in [0.15, 0.2) is 5.82 Å². The highest BCUT2D eigenvalue weighted by molar-refractivity contribution is 7.50. The maximum absolute atomic E-state index is 11.1. The zero-order valence-electron chi connectivity index (χ0n) is 16.3. The lowest BCUT2D eigenvalue weighted by Crippen LogP contribution is -2.05. The van der Waals surface area contributed by atoms with Crippen molar-refractivity contribution in [3.8, 4) is 6.01 Å². The van der Waals surface area contributed by atoms with Gasteiger partial charge in [-0.25, -0.2) is 4.98 Å². The molecule has 0 saturated heterocycles. The van der Waals surface area contributed by atoms with Crippen LogP contribution in [0.25, 0.3) is 11.0 Å². The van der Waals surface area contributed by atoms with Gasteiger partial charge in [-0.05, 0) is 23.6 Å². The monoisotopic (exact) mass is 420 g/mol. The first-order chi connectivity index (χ1) is 13.7. The summed E-state index contributed by atoms with van der Waals surface area (Å²) >= 11 is 0. The smallest absolute Gasteiger partial charge is 0.329 e. The molecule has 0 aliphatic rings. The molecule has 3 aromatic rings. The zero-order chi connectivity index (χ0) is 21.2. The van der Waals surface area contributed by atoms with Crippen molar-refractivity contribution in [2.75, 3.05) is 19.5 Å². The Labute approximate surface area is 168 Å². The summed E-state index contributed by atoms with van der Waals surface area (Å²) in [5, 5.41) is 10.3. The summed E-state index contributed by atoms with van der Waals surface area (Å²) in [6.07, 6.45) is 0.479. The summed E-state index contributed by atoms with van der Waals surface area (Å²) in [4.78, 5) is 26.8. The fraction of sp³-hybridized carbons (Fsp3) is 0.368. The van der Waals surface area contributed by atoms with Crippen LogP contribution in [-0.2, 0) is 22.0 Å². The van der Waals surface area contributed by atoms with Gasteiger partial charge in [-0.15, -0.1) is 0 Å². The van der Waals surface area contributed by atoms with Gasteiger partial charge in [-0.1, -0.05) is 31.2 Å². The Morgan fingerprint density at radius 1 is 1.21 bits per heavy atom. The topological polar surface area (TPSA) is 144 Å². The van der Waals surface area contributed by atoms with Crippen molar-refractivity contribution in [1.82, 2.24) is 14.5 Å². The third kappa shape index (κ3) is 5.13. The van der Waals surface area contributed by atoms with Crippen LogP contribution in [0.5, 0.6) is 6.01 Å². The Hall–Kier alpha value is -2.45. The van der Waals surface area contributed by atoms with Crippen LogP contribution in [0.4, 0.5) is 5.82 Å². The third-order valence-electron chi connectivity index (χ3n) is 4.78. The zero-order valence-corrected chi connectivity index (χ0v) is 17.2. The molecule has 9 nitrogen and oxygen atoms in total. The van der Waals surface area contributed by atoms with Gasteiger partial charge in [0, 0.05) is 25.3 Å². The van der Waals surface area contributed by atoms with Crippen molar-refractivity contribution in [3.05, 3.63) is 47.2 Å². The molecule has 0 radical (unpaired) electrons. The number of aromatic nitrogens is 3. The Bertz CT molecular complexity index is 1040. The van der Waals surface area contributed by atoms with Gasteiger partial charge >= 0.3 is 7.60 Å². The average Bonchev–Trinajstić information content (AvgIpc) is 2.96. The number of aromatic hydroxyl groups is 1. The summed E-state index contributed by atoms with van der Waals surface area (Å²) in [5.74, 6) is 0.381. The van der Waals surface area contributed by atoms with Crippen molar-refractivity contribution < 1.29 is 24.2 Å². The van der Waals surface area contributed by atoms with E-state index in [4.69, 9.17) is 20.3 Å². The van der Waals surface area contributed by atoms with Crippen molar-refractivity contribution in [2.24, 2.45) is 0 Å². The number of nitrogens with two attached hydrogens (primary N) is 1. The minimum atomic E-state index is -4.11. The first-order valence-electron chi connectivity index (χ1n) is 9.15. The minimum Gasteiger partial charge on any atom is -0.480 e. The largest absolute Gasteiger partial charge is 0.480 e. The lowest BCUT2D eigenvalue weighted by molar-refractivity contribution is 0.189. The Kier molecular flexibility index (Phi) is 6.24. The Morgan fingerprint density at radius 3 is 2.48 bits per heavy atom. The number of ether oxygens (including phenoxy) is 1. The number of hydrogen-bond donors (Lipinski definition) is 4. The van der Waals surface area contributed by atoms with Crippen molar-refractivity contribution in [1.29, 1.82) is 0 Å².